The van der Waals surface area contributed by atoms with Gasteiger partial charge in [0.15, 0.2) is 0 Å². The average molecular weight is 329 g/mol. The Labute approximate surface area is 116 Å². The lowest BCUT2D eigenvalue weighted by molar-refractivity contribution is 0.0778. The molecule has 18 heavy (non-hydrogen) atoms. The van der Waals surface area contributed by atoms with Gasteiger partial charge in [0.1, 0.15) is 5.82 Å². The minimum Gasteiger partial charge on any atom is -0.336 e. The third-order valence-electron chi connectivity index (χ3n) is 2.41. The summed E-state index contributed by atoms with van der Waals surface area (Å²) in [7, 11) is 1.63. The molecule has 0 saturated carbocycles. The molecule has 2 rings (SSSR count). The molecule has 1 aromatic heterocycles. The summed E-state index contributed by atoms with van der Waals surface area (Å²) >= 11 is 4.66. The molecule has 0 N–H and O–H groups in total. The first-order chi connectivity index (χ1) is 8.59. The first kappa shape index (κ1) is 13.2. The van der Waals surface area contributed by atoms with E-state index >= 15 is 0 Å². The van der Waals surface area contributed by atoms with Gasteiger partial charge in [-0.3, -0.25) is 4.79 Å². The van der Waals surface area contributed by atoms with Gasteiger partial charge in [0.25, 0.3) is 5.91 Å². The largest absolute Gasteiger partial charge is 0.336 e. The smallest absolute Gasteiger partial charge is 0.258 e. The highest BCUT2D eigenvalue weighted by Crippen LogP contribution is 2.21. The predicted octanol–water partition coefficient (Wildman–Crippen LogP) is 3.32. The lowest BCUT2D eigenvalue weighted by atomic mass is 10.2. The number of aromatic nitrogens is 1. The molecule has 0 atom stereocenters. The van der Waals surface area contributed by atoms with E-state index in [1.165, 1.54) is 22.3 Å². The molecule has 0 aliphatic carbocycles. The van der Waals surface area contributed by atoms with Gasteiger partial charge in [0.2, 0.25) is 0 Å². The van der Waals surface area contributed by atoms with E-state index in [-0.39, 0.29) is 11.5 Å². The second kappa shape index (κ2) is 5.58. The van der Waals surface area contributed by atoms with Crippen LogP contribution in [0.3, 0.4) is 0 Å². The van der Waals surface area contributed by atoms with Crippen molar-refractivity contribution in [2.45, 2.75) is 6.54 Å². The zero-order chi connectivity index (χ0) is 13.1. The van der Waals surface area contributed by atoms with E-state index in [1.54, 1.807) is 24.7 Å². The van der Waals surface area contributed by atoms with Crippen LogP contribution in [0, 0.1) is 5.82 Å². The Morgan fingerprint density at radius 3 is 2.94 bits per heavy atom. The zero-order valence-electron chi connectivity index (χ0n) is 9.56. The van der Waals surface area contributed by atoms with Crippen LogP contribution in [-0.2, 0) is 6.54 Å². The minimum absolute atomic E-state index is 0.0511. The number of carbonyl (C=O) groups excluding carboxylic acids is 1. The summed E-state index contributed by atoms with van der Waals surface area (Å²) in [5.41, 5.74) is 2.55. The van der Waals surface area contributed by atoms with Gasteiger partial charge in [-0.15, -0.1) is 11.3 Å². The Balaban J connectivity index is 2.21. The van der Waals surface area contributed by atoms with Crippen molar-refractivity contribution in [2.75, 3.05) is 7.05 Å². The normalized spacial score (nSPS) is 10.4. The standard InChI is InChI=1S/C12H10BrFN2OS/c1-16(5-8-6-18-7-15-8)12(17)11-9(13)3-2-4-10(11)14/h2-4,6-7H,5H2,1H3. The van der Waals surface area contributed by atoms with Crippen molar-refractivity contribution in [1.29, 1.82) is 0 Å². The Bertz CT molecular complexity index is 539. The number of halogens is 2. The summed E-state index contributed by atoms with van der Waals surface area (Å²) in [4.78, 5) is 17.7. The molecule has 0 radical (unpaired) electrons. The number of amides is 1. The maximum Gasteiger partial charge on any atom is 0.258 e. The van der Waals surface area contributed by atoms with Crippen molar-refractivity contribution in [3.63, 3.8) is 0 Å². The van der Waals surface area contributed by atoms with Gasteiger partial charge in [0.05, 0.1) is 23.3 Å². The SMILES string of the molecule is CN(Cc1cscn1)C(=O)c1c(F)cccc1Br. The van der Waals surface area contributed by atoms with Crippen molar-refractivity contribution in [3.05, 3.63) is 50.6 Å². The Kier molecular flexibility index (Phi) is 4.08. The average Bonchev–Trinajstić information content (AvgIpc) is 2.81. The molecule has 0 spiro atoms. The summed E-state index contributed by atoms with van der Waals surface area (Å²) in [5.74, 6) is -0.896. The third kappa shape index (κ3) is 2.76. The molecule has 94 valence electrons. The highest BCUT2D eigenvalue weighted by Gasteiger charge is 2.19. The van der Waals surface area contributed by atoms with Crippen LogP contribution in [0.15, 0.2) is 33.6 Å². The lowest BCUT2D eigenvalue weighted by Crippen LogP contribution is -2.27. The van der Waals surface area contributed by atoms with Gasteiger partial charge in [-0.2, -0.15) is 0 Å². The molecular weight excluding hydrogens is 319 g/mol. The molecule has 0 saturated heterocycles. The fourth-order valence-electron chi connectivity index (χ4n) is 1.52. The van der Waals surface area contributed by atoms with Gasteiger partial charge in [0, 0.05) is 16.9 Å². The molecule has 2 aromatic rings. The monoisotopic (exact) mass is 328 g/mol. The molecule has 0 aliphatic heterocycles. The Hall–Kier alpha value is -1.27. The first-order valence-corrected chi connectivity index (χ1v) is 6.89. The van der Waals surface area contributed by atoms with Crippen LogP contribution in [0.2, 0.25) is 0 Å². The summed E-state index contributed by atoms with van der Waals surface area (Å²) in [6, 6.07) is 4.47. The minimum atomic E-state index is -0.528. The summed E-state index contributed by atoms with van der Waals surface area (Å²) in [6.07, 6.45) is 0. The molecule has 0 fully saturated rings. The van der Waals surface area contributed by atoms with Crippen LogP contribution < -0.4 is 0 Å². The summed E-state index contributed by atoms with van der Waals surface area (Å²) in [6.45, 7) is 0.364. The van der Waals surface area contributed by atoms with Crippen LogP contribution in [-0.4, -0.2) is 22.8 Å². The van der Waals surface area contributed by atoms with Crippen LogP contribution in [0.25, 0.3) is 0 Å². The number of hydrogen-bond acceptors (Lipinski definition) is 3. The molecule has 0 aliphatic rings. The second-order valence-electron chi connectivity index (χ2n) is 3.74. The number of carbonyl (C=O) groups is 1. The Morgan fingerprint density at radius 1 is 1.56 bits per heavy atom. The van der Waals surface area contributed by atoms with E-state index in [4.69, 9.17) is 0 Å². The molecular formula is C12H10BrFN2OS. The maximum atomic E-state index is 13.6. The molecule has 1 amide bonds. The van der Waals surface area contributed by atoms with Crippen molar-refractivity contribution in [2.24, 2.45) is 0 Å². The Morgan fingerprint density at radius 2 is 2.33 bits per heavy atom. The summed E-state index contributed by atoms with van der Waals surface area (Å²) < 4.78 is 14.1. The van der Waals surface area contributed by atoms with Crippen molar-refractivity contribution >= 4 is 33.2 Å². The van der Waals surface area contributed by atoms with E-state index in [0.717, 1.165) is 5.69 Å². The van der Waals surface area contributed by atoms with E-state index < -0.39 is 5.82 Å². The third-order valence-corrected chi connectivity index (χ3v) is 3.70. The van der Waals surface area contributed by atoms with E-state index in [0.29, 0.717) is 11.0 Å². The fraction of sp³-hybridized carbons (Fsp3) is 0.167. The zero-order valence-corrected chi connectivity index (χ0v) is 12.0. The second-order valence-corrected chi connectivity index (χ2v) is 5.31. The van der Waals surface area contributed by atoms with Crippen LogP contribution in [0.5, 0.6) is 0 Å². The number of nitrogens with zero attached hydrogens (tertiary/aromatic N) is 2. The van der Waals surface area contributed by atoms with Crippen molar-refractivity contribution in [3.8, 4) is 0 Å². The van der Waals surface area contributed by atoms with E-state index in [2.05, 4.69) is 20.9 Å². The van der Waals surface area contributed by atoms with E-state index in [1.807, 2.05) is 5.38 Å². The van der Waals surface area contributed by atoms with E-state index in [9.17, 15) is 9.18 Å². The molecule has 1 heterocycles. The molecule has 6 heteroatoms. The molecule has 0 unspecified atom stereocenters. The topological polar surface area (TPSA) is 33.2 Å². The number of hydrogen-bond donors (Lipinski definition) is 0. The quantitative estimate of drug-likeness (QED) is 0.865. The number of thiazole rings is 1. The van der Waals surface area contributed by atoms with Gasteiger partial charge in [-0.05, 0) is 28.1 Å². The highest BCUT2D eigenvalue weighted by molar-refractivity contribution is 9.10. The van der Waals surface area contributed by atoms with Crippen LogP contribution in [0.1, 0.15) is 16.1 Å². The van der Waals surface area contributed by atoms with Crippen LogP contribution >= 0.6 is 27.3 Å². The fourth-order valence-corrected chi connectivity index (χ4v) is 2.58. The van der Waals surface area contributed by atoms with Gasteiger partial charge < -0.3 is 4.90 Å². The summed E-state index contributed by atoms with van der Waals surface area (Å²) in [5, 5.41) is 1.86. The number of benzene rings is 1. The molecule has 1 aromatic carbocycles. The van der Waals surface area contributed by atoms with Crippen molar-refractivity contribution < 1.29 is 9.18 Å². The lowest BCUT2D eigenvalue weighted by Gasteiger charge is -2.17. The van der Waals surface area contributed by atoms with Gasteiger partial charge in [-0.1, -0.05) is 6.07 Å². The predicted molar refractivity (Wildman–Crippen MR) is 72.0 cm³/mol. The first-order valence-electron chi connectivity index (χ1n) is 5.16. The molecule has 3 nitrogen and oxygen atoms in total. The van der Waals surface area contributed by atoms with Gasteiger partial charge in [-0.25, -0.2) is 9.37 Å². The number of rotatable bonds is 3. The van der Waals surface area contributed by atoms with Gasteiger partial charge >= 0.3 is 0 Å². The van der Waals surface area contributed by atoms with Crippen LogP contribution in [0.4, 0.5) is 4.39 Å². The highest BCUT2D eigenvalue weighted by atomic mass is 79.9. The molecule has 0 bridgehead atoms. The van der Waals surface area contributed by atoms with Crippen molar-refractivity contribution in [1.82, 2.24) is 9.88 Å². The maximum absolute atomic E-state index is 13.6.